The van der Waals surface area contributed by atoms with E-state index in [0.29, 0.717) is 0 Å². The van der Waals surface area contributed by atoms with E-state index in [2.05, 4.69) is 4.74 Å². The van der Waals surface area contributed by atoms with Crippen molar-refractivity contribution in [1.29, 1.82) is 0 Å². The van der Waals surface area contributed by atoms with E-state index in [1.807, 2.05) is 0 Å². The van der Waals surface area contributed by atoms with Gasteiger partial charge in [-0.2, -0.15) is 0 Å². The molecule has 1 atom stereocenters. The maximum Gasteiger partial charge on any atom is 0.516 e. The maximum absolute atomic E-state index is 11.6. The smallest absolute Gasteiger partial charge is 0.465 e. The van der Waals surface area contributed by atoms with Gasteiger partial charge in [-0.1, -0.05) is 26.0 Å². The summed E-state index contributed by atoms with van der Waals surface area (Å²) < 4.78 is 19.2. The van der Waals surface area contributed by atoms with Gasteiger partial charge in [0, 0.05) is 6.92 Å². The number of methoxy groups -OCH3 is 1. The zero-order chi connectivity index (χ0) is 16.7. The summed E-state index contributed by atoms with van der Waals surface area (Å²) in [5, 5.41) is 0. The molecule has 1 aromatic carbocycles. The lowest BCUT2D eigenvalue weighted by Crippen LogP contribution is -2.26. The third kappa shape index (κ3) is 5.08. The number of hydrogen-bond acceptors (Lipinski definition) is 7. The lowest BCUT2D eigenvalue weighted by Gasteiger charge is -2.15. The van der Waals surface area contributed by atoms with E-state index < -0.39 is 24.4 Å². The molecule has 0 saturated carbocycles. The third-order valence-corrected chi connectivity index (χ3v) is 2.50. The molecular formula is C15H18O7. The maximum atomic E-state index is 11.6. The fourth-order valence-electron chi connectivity index (χ4n) is 1.41. The SMILES string of the molecule is COC(=O)c1ccccc1OC(=O)O[C@H](C)OC(=O)C(C)C. The summed E-state index contributed by atoms with van der Waals surface area (Å²) in [5.41, 5.74) is 0.0776. The molecule has 0 bridgehead atoms. The number of benzene rings is 1. The Labute approximate surface area is 128 Å². The Morgan fingerprint density at radius 2 is 1.64 bits per heavy atom. The van der Waals surface area contributed by atoms with Gasteiger partial charge in [0.05, 0.1) is 13.0 Å². The highest BCUT2D eigenvalue weighted by molar-refractivity contribution is 5.93. The molecule has 120 valence electrons. The van der Waals surface area contributed by atoms with Crippen LogP contribution in [0.3, 0.4) is 0 Å². The van der Waals surface area contributed by atoms with Crippen LogP contribution in [-0.2, 0) is 19.0 Å². The van der Waals surface area contributed by atoms with E-state index in [1.165, 1.54) is 26.2 Å². The Morgan fingerprint density at radius 1 is 1.00 bits per heavy atom. The van der Waals surface area contributed by atoms with Crippen LogP contribution in [0.5, 0.6) is 5.75 Å². The van der Waals surface area contributed by atoms with E-state index in [-0.39, 0.29) is 17.2 Å². The predicted molar refractivity (Wildman–Crippen MR) is 75.3 cm³/mol. The molecule has 0 aliphatic heterocycles. The fourth-order valence-corrected chi connectivity index (χ4v) is 1.41. The largest absolute Gasteiger partial charge is 0.516 e. The van der Waals surface area contributed by atoms with Crippen molar-refractivity contribution >= 4 is 18.1 Å². The number of para-hydroxylation sites is 1. The lowest BCUT2D eigenvalue weighted by molar-refractivity contribution is -0.170. The highest BCUT2D eigenvalue weighted by atomic mass is 16.8. The highest BCUT2D eigenvalue weighted by Crippen LogP contribution is 2.19. The highest BCUT2D eigenvalue weighted by Gasteiger charge is 2.20. The molecule has 0 radical (unpaired) electrons. The molecule has 0 saturated heterocycles. The first kappa shape index (κ1) is 17.5. The van der Waals surface area contributed by atoms with Gasteiger partial charge in [-0.25, -0.2) is 9.59 Å². The van der Waals surface area contributed by atoms with Gasteiger partial charge in [-0.15, -0.1) is 0 Å². The van der Waals surface area contributed by atoms with Gasteiger partial charge >= 0.3 is 18.1 Å². The quantitative estimate of drug-likeness (QED) is 0.469. The zero-order valence-corrected chi connectivity index (χ0v) is 12.8. The van der Waals surface area contributed by atoms with Gasteiger partial charge in [0.2, 0.25) is 6.29 Å². The van der Waals surface area contributed by atoms with Crippen molar-refractivity contribution in [2.24, 2.45) is 5.92 Å². The molecule has 0 N–H and O–H groups in total. The van der Waals surface area contributed by atoms with Crippen LogP contribution in [0.15, 0.2) is 24.3 Å². The van der Waals surface area contributed by atoms with Crippen LogP contribution in [0, 0.1) is 5.92 Å². The van der Waals surface area contributed by atoms with Gasteiger partial charge < -0.3 is 18.9 Å². The monoisotopic (exact) mass is 310 g/mol. The molecule has 0 aliphatic carbocycles. The van der Waals surface area contributed by atoms with Crippen molar-refractivity contribution in [2.45, 2.75) is 27.1 Å². The standard InChI is InChI=1S/C15H18O7/c1-9(2)13(16)20-10(3)21-15(18)22-12-8-6-5-7-11(12)14(17)19-4/h5-10H,1-4H3/t10-/m1/s1. The summed E-state index contributed by atoms with van der Waals surface area (Å²) in [4.78, 5) is 34.5. The third-order valence-electron chi connectivity index (χ3n) is 2.50. The Kier molecular flexibility index (Phi) is 6.37. The number of ether oxygens (including phenoxy) is 4. The molecule has 0 spiro atoms. The van der Waals surface area contributed by atoms with Crippen LogP contribution in [0.2, 0.25) is 0 Å². The summed E-state index contributed by atoms with van der Waals surface area (Å²) in [5.74, 6) is -1.51. The predicted octanol–water partition coefficient (Wildman–Crippen LogP) is 2.53. The van der Waals surface area contributed by atoms with Crippen molar-refractivity contribution < 1.29 is 33.3 Å². The van der Waals surface area contributed by atoms with Gasteiger partial charge in [-0.3, -0.25) is 4.79 Å². The van der Waals surface area contributed by atoms with E-state index in [1.54, 1.807) is 26.0 Å². The van der Waals surface area contributed by atoms with Crippen molar-refractivity contribution in [2.75, 3.05) is 7.11 Å². The lowest BCUT2D eigenvalue weighted by atomic mass is 10.2. The molecule has 0 unspecified atom stereocenters. The van der Waals surface area contributed by atoms with Crippen molar-refractivity contribution in [1.82, 2.24) is 0 Å². The minimum absolute atomic E-state index is 0.0123. The summed E-state index contributed by atoms with van der Waals surface area (Å²) in [6, 6.07) is 6.03. The molecule has 0 amide bonds. The van der Waals surface area contributed by atoms with Crippen LogP contribution < -0.4 is 4.74 Å². The Bertz CT molecular complexity index is 551. The fraction of sp³-hybridized carbons (Fsp3) is 0.400. The first-order valence-corrected chi connectivity index (χ1v) is 6.61. The van der Waals surface area contributed by atoms with E-state index in [9.17, 15) is 14.4 Å². The molecule has 0 aliphatic rings. The number of hydrogen-bond donors (Lipinski definition) is 0. The molecular weight excluding hydrogens is 292 g/mol. The zero-order valence-electron chi connectivity index (χ0n) is 12.8. The Balaban J connectivity index is 2.66. The number of esters is 2. The van der Waals surface area contributed by atoms with Crippen LogP contribution in [0.4, 0.5) is 4.79 Å². The van der Waals surface area contributed by atoms with Gasteiger partial charge in [0.15, 0.2) is 0 Å². The van der Waals surface area contributed by atoms with Crippen molar-refractivity contribution in [3.63, 3.8) is 0 Å². The van der Waals surface area contributed by atoms with Crippen LogP contribution in [0.25, 0.3) is 0 Å². The van der Waals surface area contributed by atoms with Crippen LogP contribution in [-0.4, -0.2) is 31.5 Å². The summed E-state index contributed by atoms with van der Waals surface area (Å²) in [7, 11) is 1.21. The molecule has 1 aromatic rings. The first-order valence-electron chi connectivity index (χ1n) is 6.61. The minimum Gasteiger partial charge on any atom is -0.465 e. The van der Waals surface area contributed by atoms with Gasteiger partial charge in [-0.05, 0) is 12.1 Å². The molecule has 22 heavy (non-hydrogen) atoms. The first-order chi connectivity index (χ1) is 10.3. The molecule has 7 nitrogen and oxygen atoms in total. The second kappa shape index (κ2) is 8.02. The average Bonchev–Trinajstić information content (AvgIpc) is 2.46. The van der Waals surface area contributed by atoms with Crippen LogP contribution >= 0.6 is 0 Å². The second-order valence-corrected chi connectivity index (χ2v) is 4.62. The Hall–Kier alpha value is -2.57. The van der Waals surface area contributed by atoms with Crippen molar-refractivity contribution in [3.8, 4) is 5.75 Å². The Morgan fingerprint density at radius 3 is 2.23 bits per heavy atom. The normalized spacial score (nSPS) is 11.5. The summed E-state index contributed by atoms with van der Waals surface area (Å²) in [6.07, 6.45) is -2.20. The van der Waals surface area contributed by atoms with E-state index in [0.717, 1.165) is 0 Å². The van der Waals surface area contributed by atoms with Crippen LogP contribution in [0.1, 0.15) is 31.1 Å². The molecule has 7 heteroatoms. The second-order valence-electron chi connectivity index (χ2n) is 4.62. The summed E-state index contributed by atoms with van der Waals surface area (Å²) >= 11 is 0. The molecule has 0 fully saturated rings. The molecule has 0 aromatic heterocycles. The number of carbonyl (C=O) groups is 3. The molecule has 1 rings (SSSR count). The summed E-state index contributed by atoms with van der Waals surface area (Å²) in [6.45, 7) is 4.69. The van der Waals surface area contributed by atoms with Crippen molar-refractivity contribution in [3.05, 3.63) is 29.8 Å². The van der Waals surface area contributed by atoms with E-state index >= 15 is 0 Å². The molecule has 0 heterocycles. The van der Waals surface area contributed by atoms with Gasteiger partial charge in [0.25, 0.3) is 0 Å². The minimum atomic E-state index is -1.10. The topological polar surface area (TPSA) is 88.1 Å². The average molecular weight is 310 g/mol. The van der Waals surface area contributed by atoms with Gasteiger partial charge in [0.1, 0.15) is 11.3 Å². The number of carbonyl (C=O) groups excluding carboxylic acids is 3. The number of rotatable bonds is 5. The van der Waals surface area contributed by atoms with E-state index in [4.69, 9.17) is 14.2 Å².